The predicted octanol–water partition coefficient (Wildman–Crippen LogP) is 5.24. The fourth-order valence-electron chi connectivity index (χ4n) is 3.85. The van der Waals surface area contributed by atoms with Crippen molar-refractivity contribution in [1.29, 1.82) is 0 Å². The summed E-state index contributed by atoms with van der Waals surface area (Å²) >= 11 is 0. The molecule has 4 nitrogen and oxygen atoms in total. The van der Waals surface area contributed by atoms with Gasteiger partial charge in [-0.1, -0.05) is 38.1 Å². The van der Waals surface area contributed by atoms with Crippen molar-refractivity contribution in [2.75, 3.05) is 13.1 Å². The SMILES string of the molecule is CC.CC[N+](CC)=c1ccc2c(-c3ccccc3CO)c3ccc(O)cc3oc-2c1. The third-order valence-electron chi connectivity index (χ3n) is 5.27. The van der Waals surface area contributed by atoms with Crippen LogP contribution in [-0.2, 0) is 6.61 Å². The lowest BCUT2D eigenvalue weighted by molar-refractivity contribution is 0.282. The molecule has 0 saturated carbocycles. The van der Waals surface area contributed by atoms with Crippen molar-refractivity contribution in [3.63, 3.8) is 0 Å². The first-order valence-corrected chi connectivity index (χ1v) is 10.6. The molecule has 0 aromatic heterocycles. The van der Waals surface area contributed by atoms with E-state index in [0.29, 0.717) is 5.58 Å². The van der Waals surface area contributed by atoms with Gasteiger partial charge in [-0.3, -0.25) is 0 Å². The zero-order chi connectivity index (χ0) is 21.7. The molecule has 0 atom stereocenters. The van der Waals surface area contributed by atoms with E-state index in [4.69, 9.17) is 4.42 Å². The molecular weight excluding hydrogens is 374 g/mol. The zero-order valence-corrected chi connectivity index (χ0v) is 18.1. The number of phenols is 1. The van der Waals surface area contributed by atoms with Gasteiger partial charge in [0, 0.05) is 28.6 Å². The summed E-state index contributed by atoms with van der Waals surface area (Å²) in [5, 5.41) is 21.9. The van der Waals surface area contributed by atoms with Gasteiger partial charge in [-0.25, -0.2) is 4.58 Å². The van der Waals surface area contributed by atoms with E-state index in [9.17, 15) is 10.2 Å². The third kappa shape index (κ3) is 3.96. The number of hydrogen-bond donors (Lipinski definition) is 2. The van der Waals surface area contributed by atoms with Crippen molar-refractivity contribution < 1.29 is 14.6 Å². The number of phenolic OH excluding ortho intramolecular Hbond substituents is 1. The number of hydrogen-bond acceptors (Lipinski definition) is 3. The Morgan fingerprint density at radius 1 is 0.867 bits per heavy atom. The minimum Gasteiger partial charge on any atom is -0.508 e. The molecule has 0 radical (unpaired) electrons. The summed E-state index contributed by atoms with van der Waals surface area (Å²) in [7, 11) is 0. The number of rotatable bonds is 4. The predicted molar refractivity (Wildman–Crippen MR) is 124 cm³/mol. The van der Waals surface area contributed by atoms with Gasteiger partial charge in [0.05, 0.1) is 12.7 Å². The van der Waals surface area contributed by atoms with Gasteiger partial charge in [-0.2, -0.15) is 0 Å². The highest BCUT2D eigenvalue weighted by atomic mass is 16.3. The smallest absolute Gasteiger partial charge is 0.203 e. The van der Waals surface area contributed by atoms with E-state index in [-0.39, 0.29) is 12.4 Å². The minimum atomic E-state index is -0.0409. The van der Waals surface area contributed by atoms with Crippen LogP contribution in [0.25, 0.3) is 33.4 Å². The van der Waals surface area contributed by atoms with Gasteiger partial charge in [-0.15, -0.1) is 0 Å². The van der Waals surface area contributed by atoms with Crippen LogP contribution in [0, 0.1) is 0 Å². The van der Waals surface area contributed by atoms with Crippen molar-refractivity contribution in [3.05, 3.63) is 71.6 Å². The van der Waals surface area contributed by atoms with Crippen LogP contribution in [0.2, 0.25) is 0 Å². The average molecular weight is 405 g/mol. The Labute approximate surface area is 177 Å². The van der Waals surface area contributed by atoms with Crippen LogP contribution in [0.3, 0.4) is 0 Å². The van der Waals surface area contributed by atoms with E-state index in [1.807, 2.05) is 44.2 Å². The molecule has 0 spiro atoms. The molecule has 0 amide bonds. The van der Waals surface area contributed by atoms with E-state index in [1.54, 1.807) is 12.1 Å². The van der Waals surface area contributed by atoms with E-state index in [1.165, 1.54) is 0 Å². The fourth-order valence-corrected chi connectivity index (χ4v) is 3.85. The first kappa shape index (κ1) is 21.6. The third-order valence-corrected chi connectivity index (χ3v) is 5.27. The fraction of sp³-hybridized carbons (Fsp3) is 0.269. The summed E-state index contributed by atoms with van der Waals surface area (Å²) in [6.07, 6.45) is 0. The summed E-state index contributed by atoms with van der Waals surface area (Å²) < 4.78 is 8.46. The van der Waals surface area contributed by atoms with Crippen molar-refractivity contribution in [2.24, 2.45) is 0 Å². The Morgan fingerprint density at radius 2 is 1.60 bits per heavy atom. The van der Waals surface area contributed by atoms with Crippen molar-refractivity contribution >= 4 is 11.0 Å². The van der Waals surface area contributed by atoms with Crippen molar-refractivity contribution in [3.8, 4) is 28.2 Å². The first-order valence-electron chi connectivity index (χ1n) is 10.6. The summed E-state index contributed by atoms with van der Waals surface area (Å²) in [5.41, 5.74) is 4.43. The van der Waals surface area contributed by atoms with Gasteiger partial charge in [0.15, 0.2) is 0 Å². The Balaban J connectivity index is 0.00000124. The average Bonchev–Trinajstić information content (AvgIpc) is 2.79. The molecule has 2 aromatic carbocycles. The standard InChI is InChI=1S/C24H23NO3.C2H6/c1-3-25(4-2)17-9-11-20-22(13-17)28-23-14-18(27)10-12-21(23)24(20)19-8-6-5-7-16(19)15-26;1-2/h5-14,26H,3-4,15H2,1-2H3;1-2H3/p+1. The largest absolute Gasteiger partial charge is 0.508 e. The highest BCUT2D eigenvalue weighted by Crippen LogP contribution is 2.41. The van der Waals surface area contributed by atoms with Crippen LogP contribution in [0.4, 0.5) is 0 Å². The molecule has 1 heterocycles. The molecule has 2 aliphatic rings. The molecule has 2 aromatic rings. The van der Waals surface area contributed by atoms with Crippen LogP contribution in [0.1, 0.15) is 33.3 Å². The van der Waals surface area contributed by atoms with Gasteiger partial charge in [0.1, 0.15) is 30.2 Å². The number of aliphatic hydroxyl groups is 1. The van der Waals surface area contributed by atoms with Crippen LogP contribution < -0.4 is 9.93 Å². The van der Waals surface area contributed by atoms with Gasteiger partial charge >= 0.3 is 0 Å². The highest BCUT2D eigenvalue weighted by Gasteiger charge is 2.20. The first-order chi connectivity index (χ1) is 14.7. The molecule has 1 aliphatic carbocycles. The zero-order valence-electron chi connectivity index (χ0n) is 18.1. The molecule has 30 heavy (non-hydrogen) atoms. The molecule has 2 N–H and O–H groups in total. The van der Waals surface area contributed by atoms with Gasteiger partial charge in [0.2, 0.25) is 5.36 Å². The second kappa shape index (κ2) is 9.59. The quantitative estimate of drug-likeness (QED) is 0.361. The Morgan fingerprint density at radius 3 is 2.30 bits per heavy atom. The number of benzene rings is 3. The second-order valence-electron chi connectivity index (χ2n) is 6.83. The van der Waals surface area contributed by atoms with E-state index in [0.717, 1.165) is 51.8 Å². The second-order valence-corrected chi connectivity index (χ2v) is 6.83. The molecule has 4 heteroatoms. The molecular formula is C26H30NO3+. The summed E-state index contributed by atoms with van der Waals surface area (Å²) in [6, 6.07) is 19.3. The minimum absolute atomic E-state index is 0.0409. The van der Waals surface area contributed by atoms with E-state index in [2.05, 4.69) is 36.6 Å². The summed E-state index contributed by atoms with van der Waals surface area (Å²) in [5.74, 6) is 0.919. The molecule has 4 rings (SSSR count). The summed E-state index contributed by atoms with van der Waals surface area (Å²) in [4.78, 5) is 0. The lowest BCUT2D eigenvalue weighted by Gasteiger charge is -2.17. The topological polar surface area (TPSA) is 56.6 Å². The van der Waals surface area contributed by atoms with Crippen molar-refractivity contribution in [1.82, 2.24) is 4.58 Å². The number of aromatic hydroxyl groups is 1. The van der Waals surface area contributed by atoms with Gasteiger partial charge < -0.3 is 14.6 Å². The Bertz CT molecular complexity index is 1180. The molecule has 0 unspecified atom stereocenters. The lowest BCUT2D eigenvalue weighted by atomic mass is 9.91. The van der Waals surface area contributed by atoms with Crippen LogP contribution in [0.5, 0.6) is 5.75 Å². The maximum absolute atomic E-state index is 9.98. The number of nitrogens with zero attached hydrogens (tertiary/aromatic N) is 1. The molecule has 0 bridgehead atoms. The van der Waals surface area contributed by atoms with Gasteiger partial charge in [0.25, 0.3) is 0 Å². The number of aliphatic hydroxyl groups excluding tert-OH is 1. The Hall–Kier alpha value is -3.11. The maximum Gasteiger partial charge on any atom is 0.203 e. The van der Waals surface area contributed by atoms with Crippen LogP contribution in [-0.4, -0.2) is 23.3 Å². The normalized spacial score (nSPS) is 10.7. The maximum atomic E-state index is 9.98. The van der Waals surface area contributed by atoms with Crippen molar-refractivity contribution in [2.45, 2.75) is 34.3 Å². The highest BCUT2D eigenvalue weighted by molar-refractivity contribution is 6.02. The molecule has 0 saturated heterocycles. The molecule has 156 valence electrons. The molecule has 1 aliphatic heterocycles. The molecule has 0 fully saturated rings. The van der Waals surface area contributed by atoms with E-state index >= 15 is 0 Å². The summed E-state index contributed by atoms with van der Waals surface area (Å²) in [6.45, 7) is 10.0. The van der Waals surface area contributed by atoms with E-state index < -0.39 is 0 Å². The monoisotopic (exact) mass is 404 g/mol. The van der Waals surface area contributed by atoms with Gasteiger partial charge in [-0.05, 0) is 43.2 Å². The lowest BCUT2D eigenvalue weighted by Crippen LogP contribution is -2.29. The van der Waals surface area contributed by atoms with Crippen LogP contribution >= 0.6 is 0 Å². The van der Waals surface area contributed by atoms with Crippen LogP contribution in [0.15, 0.2) is 65.1 Å². The Kier molecular flexibility index (Phi) is 6.91. The number of fused-ring (bicyclic) bond motifs is 2.